The summed E-state index contributed by atoms with van der Waals surface area (Å²) in [6.45, 7) is 4.41. The zero-order chi connectivity index (χ0) is 15.0. The normalized spacial score (nSPS) is 9.90. The van der Waals surface area contributed by atoms with Crippen molar-refractivity contribution >= 4 is 23.4 Å². The molecule has 0 atom stereocenters. The van der Waals surface area contributed by atoms with Crippen LogP contribution in [0.15, 0.2) is 24.3 Å². The topological polar surface area (TPSA) is 84.7 Å². The van der Waals surface area contributed by atoms with Gasteiger partial charge in [0.1, 0.15) is 6.54 Å². The second-order valence-corrected chi connectivity index (χ2v) is 4.28. The van der Waals surface area contributed by atoms with E-state index in [1.807, 2.05) is 6.92 Å². The van der Waals surface area contributed by atoms with E-state index in [4.69, 9.17) is 10.5 Å². The Morgan fingerprint density at radius 2 is 1.90 bits per heavy atom. The number of hydrogen-bond donors (Lipinski definition) is 2. The molecule has 0 saturated carbocycles. The number of anilines is 2. The molecule has 6 heteroatoms. The molecule has 2 amide bonds. The molecule has 0 aliphatic heterocycles. The summed E-state index contributed by atoms with van der Waals surface area (Å²) < 4.78 is 4.86. The van der Waals surface area contributed by atoms with Crippen LogP contribution in [0, 0.1) is 0 Å². The fourth-order valence-corrected chi connectivity index (χ4v) is 1.65. The zero-order valence-electron chi connectivity index (χ0n) is 11.9. The van der Waals surface area contributed by atoms with Crippen molar-refractivity contribution in [2.75, 3.05) is 30.7 Å². The van der Waals surface area contributed by atoms with Crippen molar-refractivity contribution in [3.05, 3.63) is 24.3 Å². The van der Waals surface area contributed by atoms with Crippen LogP contribution in [0.2, 0.25) is 0 Å². The van der Waals surface area contributed by atoms with Crippen LogP contribution in [0.25, 0.3) is 0 Å². The Balaban J connectivity index is 2.63. The Hall–Kier alpha value is -2.24. The summed E-state index contributed by atoms with van der Waals surface area (Å²) in [6.07, 6.45) is 0.758. The minimum absolute atomic E-state index is 0.0531. The third-order valence-corrected chi connectivity index (χ3v) is 2.57. The molecule has 0 aromatic heterocycles. The molecule has 0 unspecified atom stereocenters. The first-order chi connectivity index (χ1) is 9.56. The van der Waals surface area contributed by atoms with Gasteiger partial charge >= 0.3 is 12.0 Å². The maximum absolute atomic E-state index is 12.1. The largest absolute Gasteiger partial charge is 0.465 e. The molecule has 0 saturated heterocycles. The predicted octanol–water partition coefficient (Wildman–Crippen LogP) is 2.08. The summed E-state index contributed by atoms with van der Waals surface area (Å²) in [6, 6.07) is 6.49. The van der Waals surface area contributed by atoms with E-state index in [-0.39, 0.29) is 12.6 Å². The van der Waals surface area contributed by atoms with E-state index in [1.54, 1.807) is 31.2 Å². The minimum atomic E-state index is -0.409. The summed E-state index contributed by atoms with van der Waals surface area (Å²) in [7, 11) is 0. The molecule has 0 spiro atoms. The lowest BCUT2D eigenvalue weighted by atomic mass is 10.3. The second-order valence-electron chi connectivity index (χ2n) is 4.28. The number of urea groups is 1. The average molecular weight is 279 g/mol. The first-order valence-electron chi connectivity index (χ1n) is 6.63. The Labute approximate surface area is 118 Å². The van der Waals surface area contributed by atoms with Gasteiger partial charge in [0.05, 0.1) is 6.61 Å². The van der Waals surface area contributed by atoms with Crippen LogP contribution in [0.4, 0.5) is 16.2 Å². The van der Waals surface area contributed by atoms with Gasteiger partial charge in [-0.25, -0.2) is 4.79 Å². The molecule has 6 nitrogen and oxygen atoms in total. The molecule has 110 valence electrons. The number of carbonyl (C=O) groups is 2. The summed E-state index contributed by atoms with van der Waals surface area (Å²) in [5.41, 5.74) is 6.84. The maximum atomic E-state index is 12.1. The Morgan fingerprint density at radius 3 is 2.45 bits per heavy atom. The van der Waals surface area contributed by atoms with Crippen molar-refractivity contribution in [1.29, 1.82) is 0 Å². The number of amides is 2. The fraction of sp³-hybridized carbons (Fsp3) is 0.429. The standard InChI is InChI=1S/C14H21N3O3/c1-3-9-17(10-13(18)20-4-2)14(19)16-12-7-5-11(15)6-8-12/h5-8H,3-4,9-10,15H2,1-2H3,(H,16,19). The molecule has 1 rings (SSSR count). The van der Waals surface area contributed by atoms with E-state index >= 15 is 0 Å². The molecule has 0 fully saturated rings. The lowest BCUT2D eigenvalue weighted by Crippen LogP contribution is -2.39. The van der Waals surface area contributed by atoms with Crippen LogP contribution in [0.1, 0.15) is 20.3 Å². The number of rotatable bonds is 6. The van der Waals surface area contributed by atoms with Crippen molar-refractivity contribution in [2.24, 2.45) is 0 Å². The van der Waals surface area contributed by atoms with Crippen LogP contribution in [-0.2, 0) is 9.53 Å². The van der Waals surface area contributed by atoms with Crippen LogP contribution in [-0.4, -0.2) is 36.6 Å². The van der Waals surface area contributed by atoms with Gasteiger partial charge in [-0.2, -0.15) is 0 Å². The molecular formula is C14H21N3O3. The quantitative estimate of drug-likeness (QED) is 0.616. The van der Waals surface area contributed by atoms with E-state index in [2.05, 4.69) is 5.32 Å². The number of hydrogen-bond acceptors (Lipinski definition) is 4. The summed E-state index contributed by atoms with van der Waals surface area (Å²) >= 11 is 0. The fourth-order valence-electron chi connectivity index (χ4n) is 1.65. The van der Waals surface area contributed by atoms with Gasteiger partial charge < -0.3 is 20.7 Å². The maximum Gasteiger partial charge on any atom is 0.325 e. The van der Waals surface area contributed by atoms with Crippen LogP contribution in [0.5, 0.6) is 0 Å². The highest BCUT2D eigenvalue weighted by Gasteiger charge is 2.17. The van der Waals surface area contributed by atoms with Crippen LogP contribution >= 0.6 is 0 Å². The SMILES string of the molecule is CCCN(CC(=O)OCC)C(=O)Nc1ccc(N)cc1. The summed E-state index contributed by atoms with van der Waals surface area (Å²) in [5, 5.41) is 2.73. The molecule has 20 heavy (non-hydrogen) atoms. The van der Waals surface area contributed by atoms with Gasteiger partial charge in [-0.05, 0) is 37.6 Å². The highest BCUT2D eigenvalue weighted by molar-refractivity contribution is 5.91. The van der Waals surface area contributed by atoms with Gasteiger partial charge in [0.2, 0.25) is 0 Å². The van der Waals surface area contributed by atoms with Crippen molar-refractivity contribution < 1.29 is 14.3 Å². The number of nitrogen functional groups attached to an aromatic ring is 1. The second kappa shape index (κ2) is 8.04. The Bertz CT molecular complexity index is 445. The number of benzene rings is 1. The molecule has 0 radical (unpaired) electrons. The lowest BCUT2D eigenvalue weighted by Gasteiger charge is -2.21. The van der Waals surface area contributed by atoms with Crippen LogP contribution in [0.3, 0.4) is 0 Å². The van der Waals surface area contributed by atoms with Crippen LogP contribution < -0.4 is 11.1 Å². The van der Waals surface area contributed by atoms with E-state index in [0.29, 0.717) is 24.5 Å². The van der Waals surface area contributed by atoms with Gasteiger partial charge in [0.15, 0.2) is 0 Å². The average Bonchev–Trinajstić information content (AvgIpc) is 2.41. The van der Waals surface area contributed by atoms with E-state index in [9.17, 15) is 9.59 Å². The van der Waals surface area contributed by atoms with Gasteiger partial charge in [0.25, 0.3) is 0 Å². The first-order valence-corrected chi connectivity index (χ1v) is 6.63. The van der Waals surface area contributed by atoms with Crippen molar-refractivity contribution in [3.8, 4) is 0 Å². The molecule has 1 aromatic rings. The van der Waals surface area contributed by atoms with Gasteiger partial charge in [-0.15, -0.1) is 0 Å². The summed E-state index contributed by atoms with van der Waals surface area (Å²) in [4.78, 5) is 25.0. The molecule has 0 heterocycles. The predicted molar refractivity (Wildman–Crippen MR) is 78.4 cm³/mol. The van der Waals surface area contributed by atoms with Crippen molar-refractivity contribution in [2.45, 2.75) is 20.3 Å². The highest BCUT2D eigenvalue weighted by Crippen LogP contribution is 2.11. The smallest absolute Gasteiger partial charge is 0.325 e. The lowest BCUT2D eigenvalue weighted by molar-refractivity contribution is -0.143. The van der Waals surface area contributed by atoms with Gasteiger partial charge in [-0.3, -0.25) is 4.79 Å². The molecular weight excluding hydrogens is 258 g/mol. The molecule has 1 aromatic carbocycles. The van der Waals surface area contributed by atoms with Crippen molar-refractivity contribution in [1.82, 2.24) is 4.90 Å². The minimum Gasteiger partial charge on any atom is -0.465 e. The monoisotopic (exact) mass is 279 g/mol. The number of carbonyl (C=O) groups excluding carboxylic acids is 2. The third-order valence-electron chi connectivity index (χ3n) is 2.57. The van der Waals surface area contributed by atoms with E-state index < -0.39 is 5.97 Å². The Kier molecular flexibility index (Phi) is 6.36. The number of nitrogens with two attached hydrogens (primary N) is 1. The van der Waals surface area contributed by atoms with Gasteiger partial charge in [-0.1, -0.05) is 6.92 Å². The number of nitrogens with one attached hydrogen (secondary N) is 1. The first kappa shape index (κ1) is 15.8. The Morgan fingerprint density at radius 1 is 1.25 bits per heavy atom. The van der Waals surface area contributed by atoms with Gasteiger partial charge in [0, 0.05) is 17.9 Å². The number of nitrogens with zero attached hydrogens (tertiary/aromatic N) is 1. The van der Waals surface area contributed by atoms with Crippen molar-refractivity contribution in [3.63, 3.8) is 0 Å². The van der Waals surface area contributed by atoms with E-state index in [0.717, 1.165) is 6.42 Å². The van der Waals surface area contributed by atoms with E-state index in [1.165, 1.54) is 4.90 Å². The third kappa shape index (κ3) is 5.17. The zero-order valence-corrected chi connectivity index (χ0v) is 11.9. The number of esters is 1. The molecule has 3 N–H and O–H groups in total. The summed E-state index contributed by atoms with van der Waals surface area (Å²) in [5.74, 6) is -0.409. The highest BCUT2D eigenvalue weighted by atomic mass is 16.5. The number of ether oxygens (including phenoxy) is 1. The molecule has 0 aliphatic carbocycles. The molecule has 0 bridgehead atoms. The molecule has 0 aliphatic rings.